The van der Waals surface area contributed by atoms with E-state index in [2.05, 4.69) is 52.1 Å². The molecular weight excluding hydrogens is 218 g/mol. The topological polar surface area (TPSA) is 12.0 Å². The second kappa shape index (κ2) is 7.58. The van der Waals surface area contributed by atoms with Crippen molar-refractivity contribution < 1.29 is 0 Å². The minimum absolute atomic E-state index is 0.533. The van der Waals surface area contributed by atoms with E-state index in [1.807, 2.05) is 0 Å². The van der Waals surface area contributed by atoms with Crippen molar-refractivity contribution in [2.75, 3.05) is 6.54 Å². The molecule has 1 nitrogen and oxygen atoms in total. The van der Waals surface area contributed by atoms with E-state index in [1.165, 1.54) is 47.9 Å². The Morgan fingerprint density at radius 3 is 2.11 bits per heavy atom. The summed E-state index contributed by atoms with van der Waals surface area (Å²) in [5.41, 5.74) is 5.79. The van der Waals surface area contributed by atoms with Gasteiger partial charge in [-0.15, -0.1) is 0 Å². The molecule has 1 rings (SSSR count). The molecule has 18 heavy (non-hydrogen) atoms. The summed E-state index contributed by atoms with van der Waals surface area (Å²) in [4.78, 5) is 0. The lowest BCUT2D eigenvalue weighted by atomic mass is 9.91. The predicted molar refractivity (Wildman–Crippen MR) is 81.2 cm³/mol. The molecule has 1 aromatic rings. The van der Waals surface area contributed by atoms with Gasteiger partial charge in [0.15, 0.2) is 0 Å². The van der Waals surface area contributed by atoms with E-state index >= 15 is 0 Å². The molecule has 1 aromatic carbocycles. The Bertz CT molecular complexity index is 337. The number of nitrogens with one attached hydrogen (secondary N) is 1. The number of unbranched alkanes of at least 4 members (excludes halogenated alkanes) is 1. The van der Waals surface area contributed by atoms with Gasteiger partial charge in [-0.3, -0.25) is 0 Å². The molecule has 1 N–H and O–H groups in total. The third-order valence-electron chi connectivity index (χ3n) is 3.57. The van der Waals surface area contributed by atoms with E-state index < -0.39 is 0 Å². The lowest BCUT2D eigenvalue weighted by molar-refractivity contribution is 0.478. The van der Waals surface area contributed by atoms with Crippen LogP contribution in [0.1, 0.15) is 67.8 Å². The van der Waals surface area contributed by atoms with Crippen molar-refractivity contribution in [2.24, 2.45) is 0 Å². The zero-order chi connectivity index (χ0) is 13.5. The van der Waals surface area contributed by atoms with Crippen molar-refractivity contribution in [2.45, 2.75) is 66.3 Å². The summed E-state index contributed by atoms with van der Waals surface area (Å²) in [5, 5.41) is 3.72. The highest BCUT2D eigenvalue weighted by atomic mass is 14.9. The van der Waals surface area contributed by atoms with Crippen molar-refractivity contribution in [3.8, 4) is 0 Å². The van der Waals surface area contributed by atoms with Gasteiger partial charge in [0.2, 0.25) is 0 Å². The summed E-state index contributed by atoms with van der Waals surface area (Å²) in [7, 11) is 0. The maximum atomic E-state index is 3.72. The van der Waals surface area contributed by atoms with Gasteiger partial charge in [-0.1, -0.05) is 44.4 Å². The Kier molecular flexibility index (Phi) is 6.42. The zero-order valence-corrected chi connectivity index (χ0v) is 12.8. The average Bonchev–Trinajstić information content (AvgIpc) is 2.30. The lowest BCUT2D eigenvalue weighted by Gasteiger charge is -2.23. The van der Waals surface area contributed by atoms with E-state index in [0.29, 0.717) is 6.04 Å². The van der Waals surface area contributed by atoms with Crippen molar-refractivity contribution >= 4 is 0 Å². The fourth-order valence-corrected chi connectivity index (χ4v) is 2.82. The fourth-order valence-electron chi connectivity index (χ4n) is 2.82. The van der Waals surface area contributed by atoms with Crippen molar-refractivity contribution in [3.05, 3.63) is 34.4 Å². The maximum absolute atomic E-state index is 3.72. The molecule has 1 atom stereocenters. The van der Waals surface area contributed by atoms with Crippen LogP contribution >= 0.6 is 0 Å². The first-order valence-electron chi connectivity index (χ1n) is 7.41. The molecule has 0 radical (unpaired) electrons. The number of hydrogen-bond acceptors (Lipinski definition) is 1. The molecule has 1 heteroatoms. The van der Waals surface area contributed by atoms with Crippen LogP contribution < -0.4 is 5.32 Å². The zero-order valence-electron chi connectivity index (χ0n) is 12.8. The second-order valence-electron chi connectivity index (χ2n) is 5.46. The molecule has 0 aliphatic rings. The normalized spacial score (nSPS) is 12.7. The van der Waals surface area contributed by atoms with Crippen LogP contribution in [0, 0.1) is 20.8 Å². The molecule has 0 bridgehead atoms. The molecule has 0 aromatic heterocycles. The van der Waals surface area contributed by atoms with Crippen LogP contribution in [-0.4, -0.2) is 6.54 Å². The predicted octanol–water partition coefficient (Wildman–Crippen LogP) is 4.84. The second-order valence-corrected chi connectivity index (χ2v) is 5.46. The molecule has 0 aliphatic heterocycles. The SMILES string of the molecule is CCCCC(NCCC)c1c(C)cc(C)cc1C. The monoisotopic (exact) mass is 247 g/mol. The van der Waals surface area contributed by atoms with Crippen LogP contribution in [0.2, 0.25) is 0 Å². The molecule has 1 unspecified atom stereocenters. The largest absolute Gasteiger partial charge is 0.310 e. The first-order chi connectivity index (χ1) is 8.60. The minimum atomic E-state index is 0.533. The Morgan fingerprint density at radius 2 is 1.61 bits per heavy atom. The quantitative estimate of drug-likeness (QED) is 0.726. The number of hydrogen-bond donors (Lipinski definition) is 1. The van der Waals surface area contributed by atoms with E-state index in [9.17, 15) is 0 Å². The Labute approximate surface area is 113 Å². The van der Waals surface area contributed by atoms with E-state index in [1.54, 1.807) is 0 Å². The maximum Gasteiger partial charge on any atom is 0.0325 e. The van der Waals surface area contributed by atoms with Gasteiger partial charge < -0.3 is 5.32 Å². The number of aryl methyl sites for hydroxylation is 3. The molecule has 0 saturated heterocycles. The number of benzene rings is 1. The first kappa shape index (κ1) is 15.2. The molecule has 0 fully saturated rings. The summed E-state index contributed by atoms with van der Waals surface area (Å²) >= 11 is 0. The van der Waals surface area contributed by atoms with Crippen molar-refractivity contribution in [3.63, 3.8) is 0 Å². The highest BCUT2D eigenvalue weighted by molar-refractivity contribution is 5.39. The van der Waals surface area contributed by atoms with Gasteiger partial charge in [0, 0.05) is 6.04 Å². The van der Waals surface area contributed by atoms with Gasteiger partial charge in [-0.05, 0) is 56.8 Å². The van der Waals surface area contributed by atoms with Gasteiger partial charge in [0.05, 0.1) is 0 Å². The third-order valence-corrected chi connectivity index (χ3v) is 3.57. The standard InChI is InChI=1S/C17H29N/c1-6-8-9-16(18-10-7-2)17-14(4)11-13(3)12-15(17)5/h11-12,16,18H,6-10H2,1-5H3. The van der Waals surface area contributed by atoms with E-state index in [-0.39, 0.29) is 0 Å². The highest BCUT2D eigenvalue weighted by Crippen LogP contribution is 2.27. The van der Waals surface area contributed by atoms with Gasteiger partial charge in [0.25, 0.3) is 0 Å². The molecule has 0 saturated carbocycles. The smallest absolute Gasteiger partial charge is 0.0325 e. The fraction of sp³-hybridized carbons (Fsp3) is 0.647. The van der Waals surface area contributed by atoms with E-state index in [4.69, 9.17) is 0 Å². The van der Waals surface area contributed by atoms with Crippen LogP contribution in [0.4, 0.5) is 0 Å². The molecule has 0 amide bonds. The molecule has 0 heterocycles. The Balaban J connectivity index is 2.95. The third kappa shape index (κ3) is 4.13. The van der Waals surface area contributed by atoms with Crippen molar-refractivity contribution in [1.82, 2.24) is 5.32 Å². The van der Waals surface area contributed by atoms with Crippen molar-refractivity contribution in [1.29, 1.82) is 0 Å². The van der Waals surface area contributed by atoms with Crippen LogP contribution in [0.3, 0.4) is 0 Å². The van der Waals surface area contributed by atoms with E-state index in [0.717, 1.165) is 6.54 Å². The molecule has 102 valence electrons. The Hall–Kier alpha value is -0.820. The van der Waals surface area contributed by atoms with Crippen LogP contribution in [-0.2, 0) is 0 Å². The lowest BCUT2D eigenvalue weighted by Crippen LogP contribution is -2.23. The summed E-state index contributed by atoms with van der Waals surface area (Å²) < 4.78 is 0. The summed E-state index contributed by atoms with van der Waals surface area (Å²) in [6, 6.07) is 5.16. The summed E-state index contributed by atoms with van der Waals surface area (Å²) in [5.74, 6) is 0. The first-order valence-corrected chi connectivity index (χ1v) is 7.41. The van der Waals surface area contributed by atoms with Gasteiger partial charge in [-0.2, -0.15) is 0 Å². The molecule has 0 aliphatic carbocycles. The van der Waals surface area contributed by atoms with Crippen LogP contribution in [0.5, 0.6) is 0 Å². The molecule has 0 spiro atoms. The average molecular weight is 247 g/mol. The minimum Gasteiger partial charge on any atom is -0.310 e. The molecular formula is C17H29N. The Morgan fingerprint density at radius 1 is 1.00 bits per heavy atom. The van der Waals surface area contributed by atoms with Gasteiger partial charge >= 0.3 is 0 Å². The summed E-state index contributed by atoms with van der Waals surface area (Å²) in [6.45, 7) is 12.3. The van der Waals surface area contributed by atoms with Gasteiger partial charge in [-0.25, -0.2) is 0 Å². The van der Waals surface area contributed by atoms with Gasteiger partial charge in [0.1, 0.15) is 0 Å². The highest BCUT2D eigenvalue weighted by Gasteiger charge is 2.15. The number of rotatable bonds is 7. The summed E-state index contributed by atoms with van der Waals surface area (Å²) in [6.07, 6.45) is 5.02. The van der Waals surface area contributed by atoms with Crippen LogP contribution in [0.15, 0.2) is 12.1 Å². The van der Waals surface area contributed by atoms with Crippen LogP contribution in [0.25, 0.3) is 0 Å².